The molecule has 0 bridgehead atoms. The number of hydrogen-bond acceptors (Lipinski definition) is 5. The topological polar surface area (TPSA) is 50.3 Å². The van der Waals surface area contributed by atoms with Gasteiger partial charge in [0.1, 0.15) is 0 Å². The average molecular weight is 487 g/mol. The highest BCUT2D eigenvalue weighted by molar-refractivity contribution is 8.00. The molecule has 0 unspecified atom stereocenters. The zero-order valence-corrected chi connectivity index (χ0v) is 19.5. The number of carbonyl (C=O) groups excluding carboxylic acids is 2. The van der Waals surface area contributed by atoms with Crippen LogP contribution in [0.25, 0.3) is 21.0 Å². The van der Waals surface area contributed by atoms with Crippen molar-refractivity contribution >= 4 is 73.2 Å². The van der Waals surface area contributed by atoms with Crippen molar-refractivity contribution in [2.75, 3.05) is 4.90 Å². The second kappa shape index (κ2) is 7.99. The van der Waals surface area contributed by atoms with Gasteiger partial charge in [0.05, 0.1) is 15.9 Å². The number of rotatable bonds is 4. The lowest BCUT2D eigenvalue weighted by atomic mass is 9.94. The number of thiazole rings is 1. The SMILES string of the molecule is O=C1c2cccc3cccc(c23)C(=O)N1c1ccc2nc(SCc3ccccc3Cl)sc2c1. The van der Waals surface area contributed by atoms with Crippen LogP contribution in [0.15, 0.2) is 83.2 Å². The fraction of sp³-hybridized carbons (Fsp3) is 0.0385. The van der Waals surface area contributed by atoms with Gasteiger partial charge in [0.15, 0.2) is 4.34 Å². The molecule has 160 valence electrons. The quantitative estimate of drug-likeness (QED) is 0.199. The van der Waals surface area contributed by atoms with Gasteiger partial charge in [-0.05, 0) is 47.3 Å². The first-order chi connectivity index (χ1) is 16.1. The van der Waals surface area contributed by atoms with Gasteiger partial charge in [0.2, 0.25) is 0 Å². The number of imide groups is 1. The molecule has 33 heavy (non-hydrogen) atoms. The third-order valence-corrected chi connectivity index (χ3v) is 8.27. The van der Waals surface area contributed by atoms with Gasteiger partial charge in [-0.3, -0.25) is 9.59 Å². The standard InChI is InChI=1S/C26H15ClN2O2S2/c27-20-10-2-1-5-16(20)14-32-26-28-21-12-11-17(13-22(21)33-26)29-24(30)18-8-3-6-15-7-4-9-19(23(15)18)25(29)31/h1-13H,14H2. The molecule has 1 aromatic heterocycles. The first-order valence-electron chi connectivity index (χ1n) is 10.3. The van der Waals surface area contributed by atoms with Crippen molar-refractivity contribution in [2.24, 2.45) is 0 Å². The predicted octanol–water partition coefficient (Wildman–Crippen LogP) is 7.20. The summed E-state index contributed by atoms with van der Waals surface area (Å²) >= 11 is 9.43. The molecule has 4 nitrogen and oxygen atoms in total. The molecule has 0 saturated carbocycles. The minimum absolute atomic E-state index is 0.304. The number of amides is 2. The van der Waals surface area contributed by atoms with Gasteiger partial charge >= 0.3 is 0 Å². The summed E-state index contributed by atoms with van der Waals surface area (Å²) in [7, 11) is 0. The summed E-state index contributed by atoms with van der Waals surface area (Å²) in [6.45, 7) is 0. The van der Waals surface area contributed by atoms with Gasteiger partial charge in [-0.2, -0.15) is 0 Å². The average Bonchev–Trinajstić information content (AvgIpc) is 3.24. The van der Waals surface area contributed by atoms with E-state index in [9.17, 15) is 9.59 Å². The number of aromatic nitrogens is 1. The second-order valence-electron chi connectivity index (χ2n) is 7.67. The summed E-state index contributed by atoms with van der Waals surface area (Å²) in [4.78, 5) is 32.6. The smallest absolute Gasteiger partial charge is 0.265 e. The predicted molar refractivity (Wildman–Crippen MR) is 136 cm³/mol. The van der Waals surface area contributed by atoms with E-state index in [1.807, 2.05) is 60.7 Å². The molecule has 5 aromatic rings. The lowest BCUT2D eigenvalue weighted by Crippen LogP contribution is -2.40. The van der Waals surface area contributed by atoms with Crippen molar-refractivity contribution in [3.05, 3.63) is 101 Å². The Morgan fingerprint density at radius 1 is 0.879 bits per heavy atom. The lowest BCUT2D eigenvalue weighted by molar-refractivity contribution is 0.0893. The van der Waals surface area contributed by atoms with Gasteiger partial charge in [0, 0.05) is 27.3 Å². The van der Waals surface area contributed by atoms with Crippen molar-refractivity contribution in [3.63, 3.8) is 0 Å². The van der Waals surface area contributed by atoms with Crippen LogP contribution in [-0.4, -0.2) is 16.8 Å². The Labute approximate surface area is 202 Å². The zero-order valence-electron chi connectivity index (χ0n) is 17.1. The molecule has 2 amide bonds. The Morgan fingerprint density at radius 2 is 1.61 bits per heavy atom. The Morgan fingerprint density at radius 3 is 2.33 bits per heavy atom. The van der Waals surface area contributed by atoms with Crippen LogP contribution in [0, 0.1) is 0 Å². The molecule has 1 aliphatic heterocycles. The highest BCUT2D eigenvalue weighted by Gasteiger charge is 2.34. The summed E-state index contributed by atoms with van der Waals surface area (Å²) in [6, 6.07) is 24.4. The number of nitrogens with zero attached hydrogens (tertiary/aromatic N) is 2. The van der Waals surface area contributed by atoms with Crippen molar-refractivity contribution in [2.45, 2.75) is 10.1 Å². The molecular weight excluding hydrogens is 472 g/mol. The summed E-state index contributed by atoms with van der Waals surface area (Å²) in [6.07, 6.45) is 0. The molecule has 0 fully saturated rings. The van der Waals surface area contributed by atoms with Crippen LogP contribution in [0.2, 0.25) is 5.02 Å². The number of anilines is 1. The number of hydrogen-bond donors (Lipinski definition) is 0. The highest BCUT2D eigenvalue weighted by Crippen LogP contribution is 2.37. The van der Waals surface area contributed by atoms with Crippen molar-refractivity contribution < 1.29 is 9.59 Å². The van der Waals surface area contributed by atoms with Crippen LogP contribution in [0.4, 0.5) is 5.69 Å². The van der Waals surface area contributed by atoms with E-state index in [0.29, 0.717) is 16.8 Å². The van der Waals surface area contributed by atoms with Gasteiger partial charge in [-0.25, -0.2) is 9.88 Å². The molecule has 0 aliphatic carbocycles. The van der Waals surface area contributed by atoms with Gasteiger partial charge < -0.3 is 0 Å². The van der Waals surface area contributed by atoms with Gasteiger partial charge in [-0.15, -0.1) is 11.3 Å². The van der Waals surface area contributed by atoms with Crippen LogP contribution in [-0.2, 0) is 5.75 Å². The molecule has 1 aliphatic rings. The van der Waals surface area contributed by atoms with E-state index in [4.69, 9.17) is 16.6 Å². The van der Waals surface area contributed by atoms with E-state index in [1.54, 1.807) is 41.3 Å². The molecule has 4 aromatic carbocycles. The van der Waals surface area contributed by atoms with Crippen LogP contribution in [0.5, 0.6) is 0 Å². The largest absolute Gasteiger partial charge is 0.268 e. The second-order valence-corrected chi connectivity index (χ2v) is 10.3. The third kappa shape index (κ3) is 3.42. The minimum Gasteiger partial charge on any atom is -0.268 e. The number of halogens is 1. The lowest BCUT2D eigenvalue weighted by Gasteiger charge is -2.27. The number of thioether (sulfide) groups is 1. The fourth-order valence-corrected chi connectivity index (χ4v) is 6.50. The Balaban J connectivity index is 1.34. The first kappa shape index (κ1) is 20.4. The normalized spacial score (nSPS) is 13.3. The molecule has 7 heteroatoms. The van der Waals surface area contributed by atoms with Gasteiger partial charge in [0.25, 0.3) is 11.8 Å². The number of benzene rings is 4. The van der Waals surface area contributed by atoms with E-state index in [1.165, 1.54) is 4.90 Å². The van der Waals surface area contributed by atoms with E-state index in [2.05, 4.69) is 0 Å². The van der Waals surface area contributed by atoms with Gasteiger partial charge in [-0.1, -0.05) is 65.8 Å². The molecule has 0 N–H and O–H groups in total. The molecule has 2 heterocycles. The summed E-state index contributed by atoms with van der Waals surface area (Å²) in [5.74, 6) is 0.110. The van der Waals surface area contributed by atoms with E-state index in [-0.39, 0.29) is 11.8 Å². The highest BCUT2D eigenvalue weighted by atomic mass is 35.5. The van der Waals surface area contributed by atoms with E-state index < -0.39 is 0 Å². The Bertz CT molecular complexity index is 1540. The molecule has 6 rings (SSSR count). The Kier molecular flexibility index (Phi) is 4.94. The van der Waals surface area contributed by atoms with Crippen LogP contribution in [0.1, 0.15) is 26.3 Å². The summed E-state index contributed by atoms with van der Waals surface area (Å²) < 4.78 is 1.83. The number of carbonyl (C=O) groups is 2. The third-order valence-electron chi connectivity index (χ3n) is 5.69. The number of fused-ring (bicyclic) bond motifs is 1. The summed E-state index contributed by atoms with van der Waals surface area (Å²) in [5, 5.41) is 2.36. The van der Waals surface area contributed by atoms with Crippen LogP contribution >= 0.6 is 34.7 Å². The first-order valence-corrected chi connectivity index (χ1v) is 12.5. The molecular formula is C26H15ClN2O2S2. The maximum atomic E-state index is 13.3. The van der Waals surface area contributed by atoms with E-state index in [0.717, 1.165) is 41.7 Å². The van der Waals surface area contributed by atoms with Crippen molar-refractivity contribution in [1.29, 1.82) is 0 Å². The Hall–Kier alpha value is -3.19. The molecule has 0 saturated heterocycles. The van der Waals surface area contributed by atoms with Crippen molar-refractivity contribution in [1.82, 2.24) is 4.98 Å². The van der Waals surface area contributed by atoms with E-state index >= 15 is 0 Å². The zero-order chi connectivity index (χ0) is 22.5. The molecule has 0 spiro atoms. The van der Waals surface area contributed by atoms with Crippen LogP contribution in [0.3, 0.4) is 0 Å². The maximum Gasteiger partial charge on any atom is 0.265 e. The van der Waals surface area contributed by atoms with Crippen molar-refractivity contribution in [3.8, 4) is 0 Å². The maximum absolute atomic E-state index is 13.3. The summed E-state index contributed by atoms with van der Waals surface area (Å²) in [5.41, 5.74) is 3.53. The minimum atomic E-state index is -0.304. The van der Waals surface area contributed by atoms with Crippen LogP contribution < -0.4 is 4.90 Å². The molecule has 0 radical (unpaired) electrons. The molecule has 0 atom stereocenters. The fourth-order valence-electron chi connectivity index (χ4n) is 4.11. The monoisotopic (exact) mass is 486 g/mol.